The molecule has 0 saturated carbocycles. The summed E-state index contributed by atoms with van der Waals surface area (Å²) in [6.45, 7) is 1.45. The monoisotopic (exact) mass is 337 g/mol. The van der Waals surface area contributed by atoms with Gasteiger partial charge in [-0.05, 0) is 30.5 Å². The third-order valence-corrected chi connectivity index (χ3v) is 4.78. The molecular formula is C17H20FNO5. The number of amides is 1. The van der Waals surface area contributed by atoms with E-state index in [9.17, 15) is 14.0 Å². The highest BCUT2D eigenvalue weighted by Gasteiger charge is 2.45. The first-order chi connectivity index (χ1) is 11.5. The van der Waals surface area contributed by atoms with Gasteiger partial charge in [0, 0.05) is 19.8 Å². The van der Waals surface area contributed by atoms with Gasteiger partial charge in [-0.2, -0.15) is 0 Å². The number of nitrogens with zero attached hydrogens (tertiary/aromatic N) is 1. The van der Waals surface area contributed by atoms with Crippen LogP contribution in [0.1, 0.15) is 18.4 Å². The molecule has 1 amide bonds. The summed E-state index contributed by atoms with van der Waals surface area (Å²) in [5.41, 5.74) is -0.0534. The molecule has 1 atom stereocenters. The summed E-state index contributed by atoms with van der Waals surface area (Å²) in [6, 6.07) is 5.96. The highest BCUT2D eigenvalue weighted by Crippen LogP contribution is 2.37. The number of benzene rings is 1. The molecule has 2 heterocycles. The number of aliphatic carboxylic acids is 1. The van der Waals surface area contributed by atoms with Gasteiger partial charge in [-0.1, -0.05) is 12.1 Å². The average Bonchev–Trinajstić information content (AvgIpc) is 2.62. The second-order valence-corrected chi connectivity index (χ2v) is 6.15. The Balaban J connectivity index is 1.89. The molecule has 6 nitrogen and oxygen atoms in total. The normalized spacial score (nSPS) is 23.7. The van der Waals surface area contributed by atoms with Crippen molar-refractivity contribution >= 4 is 11.9 Å². The average molecular weight is 337 g/mol. The molecule has 24 heavy (non-hydrogen) atoms. The number of carbonyl (C=O) groups excluding carboxylic acids is 1. The van der Waals surface area contributed by atoms with E-state index in [0.717, 1.165) is 5.56 Å². The first-order valence-corrected chi connectivity index (χ1v) is 8.00. The van der Waals surface area contributed by atoms with Crippen molar-refractivity contribution in [2.24, 2.45) is 0 Å². The quantitative estimate of drug-likeness (QED) is 0.896. The van der Waals surface area contributed by atoms with Gasteiger partial charge in [-0.15, -0.1) is 0 Å². The van der Waals surface area contributed by atoms with Crippen molar-refractivity contribution in [3.8, 4) is 0 Å². The Bertz CT molecular complexity index is 612. The van der Waals surface area contributed by atoms with Crippen molar-refractivity contribution in [3.05, 3.63) is 35.6 Å². The molecule has 2 saturated heterocycles. The summed E-state index contributed by atoms with van der Waals surface area (Å²) in [5, 5.41) is 9.14. The predicted molar refractivity (Wildman–Crippen MR) is 82.1 cm³/mol. The Morgan fingerprint density at radius 1 is 1.17 bits per heavy atom. The molecule has 0 aliphatic carbocycles. The zero-order valence-corrected chi connectivity index (χ0v) is 13.2. The molecule has 1 N–H and O–H groups in total. The van der Waals surface area contributed by atoms with E-state index in [-0.39, 0.29) is 24.9 Å². The van der Waals surface area contributed by atoms with Crippen LogP contribution in [0.2, 0.25) is 0 Å². The number of morpholine rings is 1. The van der Waals surface area contributed by atoms with Crippen molar-refractivity contribution < 1.29 is 28.6 Å². The summed E-state index contributed by atoms with van der Waals surface area (Å²) in [6.07, 6.45) is -0.0214. The number of carboxylic acid groups (broad SMARTS) is 1. The van der Waals surface area contributed by atoms with E-state index < -0.39 is 17.5 Å². The van der Waals surface area contributed by atoms with Crippen molar-refractivity contribution in [2.75, 3.05) is 32.9 Å². The third-order valence-electron chi connectivity index (χ3n) is 4.78. The van der Waals surface area contributed by atoms with E-state index in [2.05, 4.69) is 0 Å². The van der Waals surface area contributed by atoms with Gasteiger partial charge < -0.3 is 19.5 Å². The van der Waals surface area contributed by atoms with E-state index >= 15 is 0 Å². The largest absolute Gasteiger partial charge is 0.479 e. The van der Waals surface area contributed by atoms with E-state index in [0.29, 0.717) is 32.6 Å². The zero-order valence-electron chi connectivity index (χ0n) is 13.2. The molecule has 0 aromatic heterocycles. The molecule has 2 fully saturated rings. The van der Waals surface area contributed by atoms with E-state index in [1.54, 1.807) is 17.0 Å². The molecule has 1 aromatic rings. The molecular weight excluding hydrogens is 317 g/mol. The van der Waals surface area contributed by atoms with Gasteiger partial charge in [-0.25, -0.2) is 9.18 Å². The minimum absolute atomic E-state index is 0.0258. The smallest absolute Gasteiger partial charge is 0.334 e. The maximum absolute atomic E-state index is 13.3. The fourth-order valence-electron chi connectivity index (χ4n) is 3.40. The number of hydrogen-bond acceptors (Lipinski definition) is 4. The fraction of sp³-hybridized carbons (Fsp3) is 0.529. The summed E-state index contributed by atoms with van der Waals surface area (Å²) in [7, 11) is 0. The summed E-state index contributed by atoms with van der Waals surface area (Å²) < 4.78 is 23.9. The highest BCUT2D eigenvalue weighted by molar-refractivity contribution is 5.89. The summed E-state index contributed by atoms with van der Waals surface area (Å²) >= 11 is 0. The molecule has 130 valence electrons. The van der Waals surface area contributed by atoms with Crippen LogP contribution >= 0.6 is 0 Å². The SMILES string of the molecule is O=C(O)C1CN(C(=O)C2(c3ccc(F)cc3)CCOCC2)CCO1. The minimum Gasteiger partial charge on any atom is -0.479 e. The Hall–Kier alpha value is -1.99. The molecule has 1 aromatic carbocycles. The first-order valence-electron chi connectivity index (χ1n) is 8.00. The molecule has 0 spiro atoms. The molecule has 2 aliphatic rings. The van der Waals surface area contributed by atoms with Crippen LogP contribution in [-0.2, 0) is 24.5 Å². The number of rotatable bonds is 3. The van der Waals surface area contributed by atoms with Gasteiger partial charge >= 0.3 is 5.97 Å². The van der Waals surface area contributed by atoms with Crippen LogP contribution in [0.5, 0.6) is 0 Å². The zero-order chi connectivity index (χ0) is 17.2. The Morgan fingerprint density at radius 2 is 1.83 bits per heavy atom. The molecule has 2 aliphatic heterocycles. The van der Waals surface area contributed by atoms with Crippen molar-refractivity contribution in [2.45, 2.75) is 24.4 Å². The van der Waals surface area contributed by atoms with Crippen LogP contribution in [-0.4, -0.2) is 60.9 Å². The van der Waals surface area contributed by atoms with Gasteiger partial charge in [0.1, 0.15) is 5.82 Å². The molecule has 7 heteroatoms. The number of halogens is 1. The first kappa shape index (κ1) is 16.9. The van der Waals surface area contributed by atoms with Crippen LogP contribution in [0.25, 0.3) is 0 Å². The maximum atomic E-state index is 13.3. The lowest BCUT2D eigenvalue weighted by atomic mass is 9.73. The van der Waals surface area contributed by atoms with Crippen LogP contribution in [0, 0.1) is 5.82 Å². The second kappa shape index (κ2) is 6.86. The lowest BCUT2D eigenvalue weighted by Gasteiger charge is -2.42. The molecule has 3 rings (SSSR count). The maximum Gasteiger partial charge on any atom is 0.334 e. The van der Waals surface area contributed by atoms with Gasteiger partial charge in [0.25, 0.3) is 0 Å². The van der Waals surface area contributed by atoms with E-state index in [1.165, 1.54) is 12.1 Å². The van der Waals surface area contributed by atoms with Gasteiger partial charge in [0.15, 0.2) is 6.10 Å². The van der Waals surface area contributed by atoms with E-state index in [1.807, 2.05) is 0 Å². The molecule has 0 radical (unpaired) electrons. The lowest BCUT2D eigenvalue weighted by molar-refractivity contribution is -0.162. The van der Waals surface area contributed by atoms with Gasteiger partial charge in [0.2, 0.25) is 5.91 Å². The van der Waals surface area contributed by atoms with Crippen molar-refractivity contribution in [1.82, 2.24) is 4.90 Å². The highest BCUT2D eigenvalue weighted by atomic mass is 19.1. The molecule has 0 bridgehead atoms. The topological polar surface area (TPSA) is 76.1 Å². The van der Waals surface area contributed by atoms with Gasteiger partial charge in [0.05, 0.1) is 18.6 Å². The predicted octanol–water partition coefficient (Wildman–Crippen LogP) is 1.19. The summed E-state index contributed by atoms with van der Waals surface area (Å²) in [5.74, 6) is -1.56. The fourth-order valence-corrected chi connectivity index (χ4v) is 3.40. The Morgan fingerprint density at radius 3 is 2.46 bits per heavy atom. The third kappa shape index (κ3) is 3.14. The van der Waals surface area contributed by atoms with Crippen LogP contribution in [0.3, 0.4) is 0 Å². The summed E-state index contributed by atoms with van der Waals surface area (Å²) in [4.78, 5) is 26.0. The van der Waals surface area contributed by atoms with Crippen LogP contribution in [0.15, 0.2) is 24.3 Å². The lowest BCUT2D eigenvalue weighted by Crippen LogP contribution is -2.56. The van der Waals surface area contributed by atoms with Gasteiger partial charge in [-0.3, -0.25) is 4.79 Å². The van der Waals surface area contributed by atoms with Crippen LogP contribution < -0.4 is 0 Å². The Kier molecular flexibility index (Phi) is 4.82. The van der Waals surface area contributed by atoms with E-state index in [4.69, 9.17) is 14.6 Å². The number of ether oxygens (including phenoxy) is 2. The van der Waals surface area contributed by atoms with Crippen molar-refractivity contribution in [1.29, 1.82) is 0 Å². The van der Waals surface area contributed by atoms with Crippen molar-refractivity contribution in [3.63, 3.8) is 0 Å². The number of hydrogen-bond donors (Lipinski definition) is 1. The van der Waals surface area contributed by atoms with Crippen LogP contribution in [0.4, 0.5) is 4.39 Å². The standard InChI is InChI=1S/C17H20FNO5/c18-13-3-1-12(2-4-13)17(5-8-23-9-6-17)16(22)19-7-10-24-14(11-19)15(20)21/h1-4,14H,5-11H2,(H,20,21). The number of carbonyl (C=O) groups is 2. The number of carboxylic acids is 1. The second-order valence-electron chi connectivity index (χ2n) is 6.15. The Labute approximate surface area is 139 Å². The molecule has 1 unspecified atom stereocenters. The minimum atomic E-state index is -1.07.